The van der Waals surface area contributed by atoms with Crippen LogP contribution in [0.25, 0.3) is 10.8 Å². The van der Waals surface area contributed by atoms with Gasteiger partial charge in [-0.1, -0.05) is 30.3 Å². The molecular formula is C19H23NO2. The largest absolute Gasteiger partial charge is 0.494 e. The molecule has 1 saturated carbocycles. The lowest BCUT2D eigenvalue weighted by molar-refractivity contribution is -0.00435. The van der Waals surface area contributed by atoms with Crippen LogP contribution in [0.2, 0.25) is 0 Å². The van der Waals surface area contributed by atoms with Crippen LogP contribution in [0.1, 0.15) is 18.9 Å². The van der Waals surface area contributed by atoms with Crippen LogP contribution in [0.5, 0.6) is 5.75 Å². The number of rotatable bonds is 4. The van der Waals surface area contributed by atoms with Crippen LogP contribution < -0.4 is 4.74 Å². The predicted octanol–water partition coefficient (Wildman–Crippen LogP) is 3.05. The number of likely N-dealkylation sites (tertiary alicyclic amines) is 1. The van der Waals surface area contributed by atoms with Gasteiger partial charge in [0.25, 0.3) is 0 Å². The van der Waals surface area contributed by atoms with Crippen molar-refractivity contribution in [2.75, 3.05) is 19.7 Å². The molecule has 3 nitrogen and oxygen atoms in total. The number of ether oxygens (including phenoxy) is 1. The van der Waals surface area contributed by atoms with Crippen LogP contribution in [-0.2, 0) is 6.54 Å². The maximum absolute atomic E-state index is 9.86. The van der Waals surface area contributed by atoms with Gasteiger partial charge >= 0.3 is 0 Å². The third kappa shape index (κ3) is 2.29. The Bertz CT molecular complexity index is 684. The van der Waals surface area contributed by atoms with Gasteiger partial charge in [0, 0.05) is 31.1 Å². The maximum Gasteiger partial charge on any atom is 0.124 e. The maximum atomic E-state index is 9.86. The van der Waals surface area contributed by atoms with Crippen molar-refractivity contribution in [1.29, 1.82) is 0 Å². The summed E-state index contributed by atoms with van der Waals surface area (Å²) in [5.74, 6) is 2.19. The predicted molar refractivity (Wildman–Crippen MR) is 88.0 cm³/mol. The van der Waals surface area contributed by atoms with Crippen LogP contribution in [0.3, 0.4) is 0 Å². The average Bonchev–Trinajstić information content (AvgIpc) is 2.86. The van der Waals surface area contributed by atoms with Crippen molar-refractivity contribution in [2.45, 2.75) is 26.0 Å². The molecule has 2 aliphatic rings. The first-order chi connectivity index (χ1) is 10.8. The molecule has 1 heterocycles. The number of hydrogen-bond acceptors (Lipinski definition) is 3. The molecule has 1 N–H and O–H groups in total. The van der Waals surface area contributed by atoms with E-state index in [-0.39, 0.29) is 6.10 Å². The van der Waals surface area contributed by atoms with E-state index in [1.807, 2.05) is 6.92 Å². The van der Waals surface area contributed by atoms with Crippen molar-refractivity contribution >= 4 is 10.8 Å². The molecule has 2 aromatic rings. The lowest BCUT2D eigenvalue weighted by Crippen LogP contribution is -2.39. The summed E-state index contributed by atoms with van der Waals surface area (Å²) in [6.07, 6.45) is 0.906. The highest BCUT2D eigenvalue weighted by molar-refractivity contribution is 5.87. The second kappa shape index (κ2) is 5.56. The minimum absolute atomic E-state index is 0.0751. The Balaban J connectivity index is 1.65. The second-order valence-corrected chi connectivity index (χ2v) is 6.62. The number of aliphatic hydroxyl groups is 1. The van der Waals surface area contributed by atoms with Gasteiger partial charge in [-0.05, 0) is 36.1 Å². The van der Waals surface area contributed by atoms with Crippen molar-refractivity contribution in [3.8, 4) is 5.75 Å². The Morgan fingerprint density at radius 3 is 2.82 bits per heavy atom. The van der Waals surface area contributed by atoms with Crippen LogP contribution >= 0.6 is 0 Å². The number of benzene rings is 2. The molecule has 0 radical (unpaired) electrons. The molecule has 4 rings (SSSR count). The Kier molecular flexibility index (Phi) is 3.55. The van der Waals surface area contributed by atoms with E-state index in [2.05, 4.69) is 41.3 Å². The summed E-state index contributed by atoms with van der Waals surface area (Å²) < 4.78 is 5.87. The van der Waals surface area contributed by atoms with Gasteiger partial charge < -0.3 is 9.84 Å². The molecule has 0 aromatic heterocycles. The first-order valence-electron chi connectivity index (χ1n) is 8.30. The van der Waals surface area contributed by atoms with Gasteiger partial charge in [-0.25, -0.2) is 0 Å². The van der Waals surface area contributed by atoms with Crippen molar-refractivity contribution in [3.63, 3.8) is 0 Å². The lowest BCUT2D eigenvalue weighted by Gasteiger charge is -2.35. The molecular weight excluding hydrogens is 274 g/mol. The van der Waals surface area contributed by atoms with E-state index in [9.17, 15) is 5.11 Å². The van der Waals surface area contributed by atoms with Crippen molar-refractivity contribution in [3.05, 3.63) is 42.0 Å². The smallest absolute Gasteiger partial charge is 0.124 e. The highest BCUT2D eigenvalue weighted by Crippen LogP contribution is 2.42. The topological polar surface area (TPSA) is 32.7 Å². The molecule has 2 fully saturated rings. The minimum atomic E-state index is -0.0751. The third-order valence-corrected chi connectivity index (χ3v) is 5.28. The van der Waals surface area contributed by atoms with Gasteiger partial charge in [-0.2, -0.15) is 0 Å². The molecule has 0 unspecified atom stereocenters. The van der Waals surface area contributed by atoms with E-state index in [1.54, 1.807) is 0 Å². The summed E-state index contributed by atoms with van der Waals surface area (Å²) in [6.45, 7) is 5.76. The molecule has 1 saturated heterocycles. The van der Waals surface area contributed by atoms with Crippen molar-refractivity contribution in [2.24, 2.45) is 11.8 Å². The molecule has 1 aliphatic carbocycles. The zero-order valence-corrected chi connectivity index (χ0v) is 13.0. The third-order valence-electron chi connectivity index (χ3n) is 5.28. The number of nitrogens with zero attached hydrogens (tertiary/aromatic N) is 1. The van der Waals surface area contributed by atoms with E-state index < -0.39 is 0 Å². The summed E-state index contributed by atoms with van der Waals surface area (Å²) in [4.78, 5) is 2.48. The highest BCUT2D eigenvalue weighted by Gasteiger charge is 2.46. The molecule has 3 heteroatoms. The van der Waals surface area contributed by atoms with Crippen molar-refractivity contribution < 1.29 is 9.84 Å². The molecule has 116 valence electrons. The SMILES string of the molecule is CCOc1ccc2ccccc2c1CN1C[C@H]2C[C@@H](O)[C@H]2C1. The van der Waals surface area contributed by atoms with Crippen LogP contribution in [-0.4, -0.2) is 35.8 Å². The Morgan fingerprint density at radius 2 is 2.05 bits per heavy atom. The van der Waals surface area contributed by atoms with Gasteiger partial charge in [-0.15, -0.1) is 0 Å². The Morgan fingerprint density at radius 1 is 1.18 bits per heavy atom. The van der Waals surface area contributed by atoms with Gasteiger partial charge in [0.05, 0.1) is 12.7 Å². The quantitative estimate of drug-likeness (QED) is 0.941. The number of aliphatic hydroxyl groups excluding tert-OH is 1. The minimum Gasteiger partial charge on any atom is -0.494 e. The van der Waals surface area contributed by atoms with Gasteiger partial charge in [0.15, 0.2) is 0 Å². The fourth-order valence-electron chi connectivity index (χ4n) is 4.09. The molecule has 22 heavy (non-hydrogen) atoms. The van der Waals surface area contributed by atoms with Crippen LogP contribution in [0, 0.1) is 11.8 Å². The van der Waals surface area contributed by atoms with E-state index in [0.717, 1.165) is 31.8 Å². The summed E-state index contributed by atoms with van der Waals surface area (Å²) in [5, 5.41) is 12.4. The normalized spacial score (nSPS) is 27.6. The monoisotopic (exact) mass is 297 g/mol. The molecule has 2 aromatic carbocycles. The second-order valence-electron chi connectivity index (χ2n) is 6.62. The molecule has 3 atom stereocenters. The average molecular weight is 297 g/mol. The van der Waals surface area contributed by atoms with E-state index in [4.69, 9.17) is 4.74 Å². The summed E-state index contributed by atoms with van der Waals surface area (Å²) >= 11 is 0. The summed E-state index contributed by atoms with van der Waals surface area (Å²) in [5.41, 5.74) is 1.29. The van der Waals surface area contributed by atoms with E-state index >= 15 is 0 Å². The fourth-order valence-corrected chi connectivity index (χ4v) is 4.09. The number of hydrogen-bond donors (Lipinski definition) is 1. The zero-order valence-electron chi connectivity index (χ0n) is 13.0. The van der Waals surface area contributed by atoms with Crippen molar-refractivity contribution in [1.82, 2.24) is 4.90 Å². The van der Waals surface area contributed by atoms with Gasteiger partial charge in [0.2, 0.25) is 0 Å². The Hall–Kier alpha value is -1.58. The van der Waals surface area contributed by atoms with Gasteiger partial charge in [-0.3, -0.25) is 4.90 Å². The first-order valence-corrected chi connectivity index (χ1v) is 8.30. The van der Waals surface area contributed by atoms with Gasteiger partial charge in [0.1, 0.15) is 5.75 Å². The molecule has 0 bridgehead atoms. The lowest BCUT2D eigenvalue weighted by atomic mass is 9.74. The zero-order chi connectivity index (χ0) is 15.1. The van der Waals surface area contributed by atoms with Crippen LogP contribution in [0.4, 0.5) is 0 Å². The standard InChI is InChI=1S/C19H23NO2/c1-2-22-19-8-7-13-5-3-4-6-15(13)17(19)12-20-10-14-9-18(21)16(14)11-20/h3-8,14,16,18,21H,2,9-12H2,1H3/t14-,16+,18-/m1/s1. The van der Waals surface area contributed by atoms with Crippen LogP contribution in [0.15, 0.2) is 36.4 Å². The summed E-state index contributed by atoms with van der Waals surface area (Å²) in [6, 6.07) is 12.8. The first kappa shape index (κ1) is 14.0. The Labute approximate surface area is 131 Å². The van der Waals surface area contributed by atoms with E-state index in [1.165, 1.54) is 16.3 Å². The molecule has 0 spiro atoms. The summed E-state index contributed by atoms with van der Waals surface area (Å²) in [7, 11) is 0. The molecule has 0 amide bonds. The highest BCUT2D eigenvalue weighted by atomic mass is 16.5. The fraction of sp³-hybridized carbons (Fsp3) is 0.474. The molecule has 1 aliphatic heterocycles. The number of fused-ring (bicyclic) bond motifs is 2. The van der Waals surface area contributed by atoms with E-state index in [0.29, 0.717) is 18.4 Å².